The molecule has 1 aromatic carbocycles. The lowest BCUT2D eigenvalue weighted by Crippen LogP contribution is -2.31. The van der Waals surface area contributed by atoms with E-state index < -0.39 is 15.9 Å². The average Bonchev–Trinajstić information content (AvgIpc) is 2.30. The summed E-state index contributed by atoms with van der Waals surface area (Å²) in [5.74, 6) is -0.210. The third-order valence-electron chi connectivity index (χ3n) is 2.19. The zero-order valence-electron chi connectivity index (χ0n) is 10.3. The zero-order valence-corrected chi connectivity index (χ0v) is 11.2. The van der Waals surface area contributed by atoms with Crippen LogP contribution >= 0.6 is 0 Å². The Morgan fingerprint density at radius 1 is 1.26 bits per heavy atom. The Bertz CT molecular complexity index is 513. The van der Waals surface area contributed by atoms with Gasteiger partial charge in [0.05, 0.1) is 5.75 Å². The van der Waals surface area contributed by atoms with E-state index in [-0.39, 0.29) is 25.3 Å². The number of nitrogens with one attached hydrogen (secondary N) is 1. The lowest BCUT2D eigenvalue weighted by Gasteiger charge is -2.08. The highest BCUT2D eigenvalue weighted by molar-refractivity contribution is 7.89. The van der Waals surface area contributed by atoms with Crippen LogP contribution in [0.25, 0.3) is 0 Å². The summed E-state index contributed by atoms with van der Waals surface area (Å²) in [5, 5.41) is 0. The second kappa shape index (κ2) is 6.95. The molecule has 8 heteroatoms. The van der Waals surface area contributed by atoms with Gasteiger partial charge in [0.2, 0.25) is 15.9 Å². The fourth-order valence-electron chi connectivity index (χ4n) is 1.24. The second-order valence-electron chi connectivity index (χ2n) is 3.85. The van der Waals surface area contributed by atoms with Crippen molar-refractivity contribution in [1.29, 1.82) is 0 Å². The first-order valence-electron chi connectivity index (χ1n) is 5.63. The van der Waals surface area contributed by atoms with Gasteiger partial charge in [-0.2, -0.15) is 0 Å². The Labute approximate surface area is 112 Å². The minimum atomic E-state index is -3.46. The van der Waals surface area contributed by atoms with Crippen LogP contribution < -0.4 is 20.9 Å². The molecule has 1 aromatic rings. The molecule has 0 fully saturated rings. The molecular weight excluding hydrogens is 270 g/mol. The predicted molar refractivity (Wildman–Crippen MR) is 72.0 cm³/mol. The Balaban J connectivity index is 2.31. The molecule has 7 nitrogen and oxygen atoms in total. The van der Waals surface area contributed by atoms with Gasteiger partial charge >= 0.3 is 0 Å². The van der Waals surface area contributed by atoms with Gasteiger partial charge in [-0.3, -0.25) is 4.79 Å². The monoisotopic (exact) mass is 287 g/mol. The number of ether oxygens (including phenoxy) is 1. The van der Waals surface area contributed by atoms with Crippen LogP contribution in [0.3, 0.4) is 0 Å². The first-order valence-corrected chi connectivity index (χ1v) is 7.28. The molecule has 0 aliphatic rings. The standard InChI is InChI=1S/C11H17N3O4S/c12-9-1-3-10(4-2-9)18-7-8-19(16,17)14-6-5-11(13)15/h1-4,14H,5-8,12H2,(H2,13,15). The Kier molecular flexibility index (Phi) is 5.58. The van der Waals surface area contributed by atoms with E-state index in [1.807, 2.05) is 0 Å². The molecule has 0 atom stereocenters. The average molecular weight is 287 g/mol. The summed E-state index contributed by atoms with van der Waals surface area (Å²) in [6, 6.07) is 6.63. The van der Waals surface area contributed by atoms with Crippen molar-refractivity contribution in [2.75, 3.05) is 24.6 Å². The van der Waals surface area contributed by atoms with Gasteiger partial charge in [0.15, 0.2) is 0 Å². The minimum absolute atomic E-state index is 0.000459. The first kappa shape index (κ1) is 15.3. The number of hydrogen-bond acceptors (Lipinski definition) is 5. The maximum Gasteiger partial charge on any atom is 0.218 e. The molecule has 0 aliphatic carbocycles. The van der Waals surface area contributed by atoms with Crippen molar-refractivity contribution >= 4 is 21.6 Å². The molecule has 0 saturated heterocycles. The van der Waals surface area contributed by atoms with Crippen LogP contribution in [0.1, 0.15) is 6.42 Å². The van der Waals surface area contributed by atoms with Crippen molar-refractivity contribution in [2.45, 2.75) is 6.42 Å². The topological polar surface area (TPSA) is 125 Å². The molecule has 1 rings (SSSR count). The van der Waals surface area contributed by atoms with Gasteiger partial charge in [-0.15, -0.1) is 0 Å². The number of primary amides is 1. The zero-order chi connectivity index (χ0) is 14.3. The van der Waals surface area contributed by atoms with E-state index in [9.17, 15) is 13.2 Å². The molecule has 1 amide bonds. The summed E-state index contributed by atoms with van der Waals surface area (Å²) in [6.07, 6.45) is -0.0297. The Hall–Kier alpha value is -1.80. The number of hydrogen-bond donors (Lipinski definition) is 3. The number of amides is 1. The molecule has 0 saturated carbocycles. The highest BCUT2D eigenvalue weighted by atomic mass is 32.2. The number of rotatable bonds is 8. The lowest BCUT2D eigenvalue weighted by molar-refractivity contribution is -0.117. The largest absolute Gasteiger partial charge is 0.492 e. The summed E-state index contributed by atoms with van der Waals surface area (Å²) in [6.45, 7) is 0.00929. The molecule has 0 aromatic heterocycles. The summed E-state index contributed by atoms with van der Waals surface area (Å²) in [4.78, 5) is 10.5. The second-order valence-corrected chi connectivity index (χ2v) is 5.77. The van der Waals surface area contributed by atoms with Crippen LogP contribution in [-0.4, -0.2) is 33.2 Å². The van der Waals surface area contributed by atoms with Crippen molar-refractivity contribution in [1.82, 2.24) is 4.72 Å². The van der Waals surface area contributed by atoms with Crippen molar-refractivity contribution in [3.05, 3.63) is 24.3 Å². The number of sulfonamides is 1. The van der Waals surface area contributed by atoms with Crippen molar-refractivity contribution in [3.8, 4) is 5.75 Å². The van der Waals surface area contributed by atoms with Gasteiger partial charge in [0, 0.05) is 18.7 Å². The highest BCUT2D eigenvalue weighted by Gasteiger charge is 2.10. The van der Waals surface area contributed by atoms with Crippen molar-refractivity contribution in [2.24, 2.45) is 5.73 Å². The molecule has 19 heavy (non-hydrogen) atoms. The van der Waals surface area contributed by atoms with Gasteiger partial charge in [0.25, 0.3) is 0 Å². The molecule has 106 valence electrons. The predicted octanol–water partition coefficient (Wildman–Crippen LogP) is -0.558. The smallest absolute Gasteiger partial charge is 0.218 e. The van der Waals surface area contributed by atoms with Gasteiger partial charge in [-0.1, -0.05) is 0 Å². The van der Waals surface area contributed by atoms with Crippen LogP contribution in [0.5, 0.6) is 5.75 Å². The molecule has 0 spiro atoms. The number of anilines is 1. The number of nitrogen functional groups attached to an aromatic ring is 1. The van der Waals surface area contributed by atoms with Crippen LogP contribution in [0.2, 0.25) is 0 Å². The summed E-state index contributed by atoms with van der Waals surface area (Å²) in [7, 11) is -3.46. The van der Waals surface area contributed by atoms with E-state index in [0.29, 0.717) is 11.4 Å². The van der Waals surface area contributed by atoms with Crippen LogP contribution in [0.15, 0.2) is 24.3 Å². The first-order chi connectivity index (χ1) is 8.89. The van der Waals surface area contributed by atoms with Gasteiger partial charge in [-0.25, -0.2) is 13.1 Å². The lowest BCUT2D eigenvalue weighted by atomic mass is 10.3. The van der Waals surface area contributed by atoms with E-state index in [1.165, 1.54) is 0 Å². The van der Waals surface area contributed by atoms with Gasteiger partial charge in [0.1, 0.15) is 12.4 Å². The van der Waals surface area contributed by atoms with E-state index in [2.05, 4.69) is 4.72 Å². The SMILES string of the molecule is NC(=O)CCNS(=O)(=O)CCOc1ccc(N)cc1. The molecule has 0 heterocycles. The molecule has 0 radical (unpaired) electrons. The maximum absolute atomic E-state index is 11.5. The molecule has 0 bridgehead atoms. The van der Waals surface area contributed by atoms with Crippen LogP contribution in [-0.2, 0) is 14.8 Å². The number of benzene rings is 1. The fourth-order valence-corrected chi connectivity index (χ4v) is 2.10. The molecular formula is C11H17N3O4S. The van der Waals surface area contributed by atoms with E-state index in [4.69, 9.17) is 16.2 Å². The summed E-state index contributed by atoms with van der Waals surface area (Å²) >= 11 is 0. The number of carbonyl (C=O) groups is 1. The van der Waals surface area contributed by atoms with E-state index >= 15 is 0 Å². The third kappa shape index (κ3) is 6.63. The van der Waals surface area contributed by atoms with Gasteiger partial charge in [-0.05, 0) is 24.3 Å². The highest BCUT2D eigenvalue weighted by Crippen LogP contribution is 2.12. The quantitative estimate of drug-likeness (QED) is 0.553. The van der Waals surface area contributed by atoms with E-state index in [1.54, 1.807) is 24.3 Å². The maximum atomic E-state index is 11.5. The fraction of sp³-hybridized carbons (Fsp3) is 0.364. The Morgan fingerprint density at radius 2 is 1.89 bits per heavy atom. The minimum Gasteiger partial charge on any atom is -0.492 e. The van der Waals surface area contributed by atoms with E-state index in [0.717, 1.165) is 0 Å². The molecule has 5 N–H and O–H groups in total. The Morgan fingerprint density at radius 3 is 2.47 bits per heavy atom. The normalized spacial score (nSPS) is 11.2. The van der Waals surface area contributed by atoms with Crippen LogP contribution in [0, 0.1) is 0 Å². The van der Waals surface area contributed by atoms with Gasteiger partial charge < -0.3 is 16.2 Å². The third-order valence-corrected chi connectivity index (χ3v) is 3.54. The molecule has 0 unspecified atom stereocenters. The van der Waals surface area contributed by atoms with Crippen LogP contribution in [0.4, 0.5) is 5.69 Å². The molecule has 0 aliphatic heterocycles. The summed E-state index contributed by atoms with van der Waals surface area (Å²) in [5.41, 5.74) is 11.0. The van der Waals surface area contributed by atoms with Crippen molar-refractivity contribution in [3.63, 3.8) is 0 Å². The number of nitrogens with two attached hydrogens (primary N) is 2. The number of carbonyl (C=O) groups excluding carboxylic acids is 1. The summed E-state index contributed by atoms with van der Waals surface area (Å²) < 4.78 is 30.5. The van der Waals surface area contributed by atoms with Crippen molar-refractivity contribution < 1.29 is 17.9 Å².